The largest absolute Gasteiger partial charge is 0.396 e. The third-order valence-electron chi connectivity index (χ3n) is 6.17. The molecule has 8 heteroatoms. The van der Waals surface area contributed by atoms with Gasteiger partial charge in [-0.25, -0.2) is 9.97 Å². The number of pyridine rings is 1. The number of hydrogen-bond acceptors (Lipinski definition) is 8. The lowest BCUT2D eigenvalue weighted by molar-refractivity contribution is 0.273. The second-order valence-corrected chi connectivity index (χ2v) is 8.13. The number of hydrogen-bond donors (Lipinski definition) is 2. The molecule has 0 spiro atoms. The Morgan fingerprint density at radius 1 is 0.906 bits per heavy atom. The number of nitrogen functional groups attached to an aromatic ring is 1. The minimum absolute atomic E-state index is 0.160. The van der Waals surface area contributed by atoms with Gasteiger partial charge in [0.2, 0.25) is 5.95 Å². The van der Waals surface area contributed by atoms with Crippen LogP contribution in [0.2, 0.25) is 0 Å². The molecule has 0 radical (unpaired) electrons. The summed E-state index contributed by atoms with van der Waals surface area (Å²) in [6.07, 6.45) is 9.73. The summed E-state index contributed by atoms with van der Waals surface area (Å²) in [5, 5.41) is 13.3. The molecule has 3 heterocycles. The van der Waals surface area contributed by atoms with Crippen LogP contribution in [0.3, 0.4) is 0 Å². The van der Waals surface area contributed by atoms with Gasteiger partial charge < -0.3 is 15.4 Å². The smallest absolute Gasteiger partial charge is 0.259 e. The lowest BCUT2D eigenvalue weighted by Gasteiger charge is -2.39. The molecule has 0 amide bonds. The van der Waals surface area contributed by atoms with E-state index in [4.69, 9.17) is 20.3 Å². The van der Waals surface area contributed by atoms with Gasteiger partial charge in [-0.3, -0.25) is 4.98 Å². The highest BCUT2D eigenvalue weighted by Gasteiger charge is 2.44. The molecule has 8 nitrogen and oxygen atoms in total. The van der Waals surface area contributed by atoms with Crippen LogP contribution in [0.1, 0.15) is 42.8 Å². The molecule has 0 saturated heterocycles. The maximum Gasteiger partial charge on any atom is 0.259 e. The Labute approximate surface area is 185 Å². The van der Waals surface area contributed by atoms with E-state index in [2.05, 4.69) is 44.4 Å². The molecule has 0 bridgehead atoms. The summed E-state index contributed by atoms with van der Waals surface area (Å²) >= 11 is 0. The second-order valence-electron chi connectivity index (χ2n) is 8.13. The van der Waals surface area contributed by atoms with Crippen LogP contribution in [-0.2, 0) is 11.8 Å². The molecule has 3 aromatic heterocycles. The Hall–Kier alpha value is -3.65. The standard InChI is InChI=1S/C24H24N6O2/c25-23-27-14-18(15-28-23)16-4-7-19(8-5-16)24(10-2-11-24)22-29-21(32-30-22)17-6-9-20(26-13-17)3-1-12-31/h4-9,13-15,31H,1-3,10-12H2,(H2,25,27,28). The summed E-state index contributed by atoms with van der Waals surface area (Å²) in [5.41, 5.74) is 10.2. The van der Waals surface area contributed by atoms with Crippen LogP contribution in [0.4, 0.5) is 5.95 Å². The molecule has 5 rings (SSSR count). The summed E-state index contributed by atoms with van der Waals surface area (Å²) in [6, 6.07) is 12.3. The Morgan fingerprint density at radius 3 is 2.25 bits per heavy atom. The number of aliphatic hydroxyl groups is 1. The number of aliphatic hydroxyl groups excluding tert-OH is 1. The molecular formula is C24H24N6O2. The van der Waals surface area contributed by atoms with Gasteiger partial charge in [0.05, 0.1) is 11.0 Å². The molecule has 0 aliphatic heterocycles. The number of nitrogens with zero attached hydrogens (tertiary/aromatic N) is 5. The van der Waals surface area contributed by atoms with E-state index in [-0.39, 0.29) is 18.0 Å². The zero-order chi connectivity index (χ0) is 22.0. The van der Waals surface area contributed by atoms with E-state index in [0.717, 1.165) is 48.1 Å². The predicted octanol–water partition coefficient (Wildman–Crippen LogP) is 3.57. The maximum atomic E-state index is 8.97. The first-order valence-electron chi connectivity index (χ1n) is 10.8. The lowest BCUT2D eigenvalue weighted by Crippen LogP contribution is -2.36. The third kappa shape index (κ3) is 3.73. The molecule has 162 valence electrons. The zero-order valence-electron chi connectivity index (χ0n) is 17.6. The maximum absolute atomic E-state index is 8.97. The van der Waals surface area contributed by atoms with E-state index >= 15 is 0 Å². The Kier molecular flexibility index (Phi) is 5.36. The Bertz CT molecular complexity index is 1180. The molecular weight excluding hydrogens is 404 g/mol. The zero-order valence-corrected chi connectivity index (χ0v) is 17.6. The van der Waals surface area contributed by atoms with E-state index in [0.29, 0.717) is 18.1 Å². The van der Waals surface area contributed by atoms with E-state index in [9.17, 15) is 0 Å². The number of aryl methyl sites for hydroxylation is 1. The van der Waals surface area contributed by atoms with E-state index in [1.807, 2.05) is 12.1 Å². The van der Waals surface area contributed by atoms with Gasteiger partial charge in [0, 0.05) is 36.5 Å². The second kappa shape index (κ2) is 8.47. The number of rotatable bonds is 7. The first-order chi connectivity index (χ1) is 15.7. The minimum atomic E-state index is -0.230. The van der Waals surface area contributed by atoms with Crippen molar-refractivity contribution in [2.24, 2.45) is 0 Å². The van der Waals surface area contributed by atoms with Crippen LogP contribution in [0.15, 0.2) is 59.5 Å². The van der Waals surface area contributed by atoms with Gasteiger partial charge in [-0.15, -0.1) is 0 Å². The quantitative estimate of drug-likeness (QED) is 0.458. The summed E-state index contributed by atoms with van der Waals surface area (Å²) in [4.78, 5) is 17.3. The molecule has 1 fully saturated rings. The number of anilines is 1. The van der Waals surface area contributed by atoms with Crippen molar-refractivity contribution >= 4 is 5.95 Å². The summed E-state index contributed by atoms with van der Waals surface area (Å²) in [7, 11) is 0. The highest BCUT2D eigenvalue weighted by atomic mass is 16.5. The highest BCUT2D eigenvalue weighted by Crippen LogP contribution is 2.48. The van der Waals surface area contributed by atoms with Gasteiger partial charge >= 0.3 is 0 Å². The van der Waals surface area contributed by atoms with Crippen molar-refractivity contribution < 1.29 is 9.63 Å². The van der Waals surface area contributed by atoms with Crippen LogP contribution >= 0.6 is 0 Å². The van der Waals surface area contributed by atoms with Crippen LogP contribution in [0, 0.1) is 0 Å². The number of aromatic nitrogens is 5. The van der Waals surface area contributed by atoms with E-state index in [1.54, 1.807) is 18.6 Å². The molecule has 1 aromatic carbocycles. The van der Waals surface area contributed by atoms with Crippen molar-refractivity contribution in [3.8, 4) is 22.6 Å². The molecule has 1 saturated carbocycles. The number of benzene rings is 1. The third-order valence-corrected chi connectivity index (χ3v) is 6.17. The monoisotopic (exact) mass is 428 g/mol. The minimum Gasteiger partial charge on any atom is -0.396 e. The van der Waals surface area contributed by atoms with Gasteiger partial charge in [-0.05, 0) is 48.9 Å². The summed E-state index contributed by atoms with van der Waals surface area (Å²) in [6.45, 7) is 0.160. The molecule has 0 atom stereocenters. The van der Waals surface area contributed by atoms with Crippen molar-refractivity contribution in [2.75, 3.05) is 12.3 Å². The van der Waals surface area contributed by atoms with Crippen LogP contribution in [-0.4, -0.2) is 36.8 Å². The molecule has 0 unspecified atom stereocenters. The van der Waals surface area contributed by atoms with Gasteiger partial charge in [-0.1, -0.05) is 35.8 Å². The fourth-order valence-corrected chi connectivity index (χ4v) is 4.13. The fraction of sp³-hybridized carbons (Fsp3) is 0.292. The van der Waals surface area contributed by atoms with Crippen molar-refractivity contribution in [2.45, 2.75) is 37.5 Å². The molecule has 4 aromatic rings. The van der Waals surface area contributed by atoms with Crippen molar-refractivity contribution in [3.63, 3.8) is 0 Å². The van der Waals surface area contributed by atoms with E-state index in [1.165, 1.54) is 5.56 Å². The van der Waals surface area contributed by atoms with E-state index < -0.39 is 0 Å². The highest BCUT2D eigenvalue weighted by molar-refractivity contribution is 5.63. The first kappa shape index (κ1) is 20.3. The summed E-state index contributed by atoms with van der Waals surface area (Å²) in [5.74, 6) is 1.46. The molecule has 1 aliphatic rings. The van der Waals surface area contributed by atoms with Gasteiger partial charge in [0.25, 0.3) is 5.89 Å². The Morgan fingerprint density at radius 2 is 1.62 bits per heavy atom. The molecule has 3 N–H and O–H groups in total. The van der Waals surface area contributed by atoms with Crippen molar-refractivity contribution in [1.29, 1.82) is 0 Å². The normalized spacial score (nSPS) is 14.8. The van der Waals surface area contributed by atoms with Crippen LogP contribution in [0.5, 0.6) is 0 Å². The number of nitrogens with two attached hydrogens (primary N) is 1. The first-order valence-corrected chi connectivity index (χ1v) is 10.8. The van der Waals surface area contributed by atoms with Crippen molar-refractivity contribution in [1.82, 2.24) is 25.1 Å². The lowest BCUT2D eigenvalue weighted by atomic mass is 9.64. The van der Waals surface area contributed by atoms with Gasteiger partial charge in [0.1, 0.15) is 0 Å². The average Bonchev–Trinajstić information content (AvgIpc) is 3.29. The van der Waals surface area contributed by atoms with Crippen LogP contribution in [0.25, 0.3) is 22.6 Å². The average molecular weight is 428 g/mol. The van der Waals surface area contributed by atoms with Gasteiger partial charge in [0.15, 0.2) is 5.82 Å². The summed E-state index contributed by atoms with van der Waals surface area (Å²) < 4.78 is 5.61. The molecule has 32 heavy (non-hydrogen) atoms. The van der Waals surface area contributed by atoms with Crippen molar-refractivity contribution in [3.05, 3.63) is 72.1 Å². The topological polar surface area (TPSA) is 124 Å². The SMILES string of the molecule is Nc1ncc(-c2ccc(C3(c4noc(-c5ccc(CCCO)nc5)n4)CCC3)cc2)cn1. The fourth-order valence-electron chi connectivity index (χ4n) is 4.13. The predicted molar refractivity (Wildman–Crippen MR) is 119 cm³/mol. The molecule has 1 aliphatic carbocycles. The van der Waals surface area contributed by atoms with Gasteiger partial charge in [-0.2, -0.15) is 4.98 Å². The Balaban J connectivity index is 1.39. The van der Waals surface area contributed by atoms with Crippen LogP contribution < -0.4 is 5.73 Å².